The van der Waals surface area contributed by atoms with Gasteiger partial charge in [-0.3, -0.25) is 9.63 Å². The Morgan fingerprint density at radius 2 is 2.12 bits per heavy atom. The van der Waals surface area contributed by atoms with Gasteiger partial charge >= 0.3 is 0 Å². The van der Waals surface area contributed by atoms with E-state index in [-0.39, 0.29) is 5.91 Å². The Morgan fingerprint density at radius 1 is 1.38 bits per heavy atom. The third kappa shape index (κ3) is 3.40. The van der Waals surface area contributed by atoms with Gasteiger partial charge in [0.2, 0.25) is 0 Å². The van der Waals surface area contributed by atoms with Crippen molar-refractivity contribution in [2.75, 3.05) is 21.3 Å². The highest BCUT2D eigenvalue weighted by Crippen LogP contribution is 2.13. The number of benzene rings is 1. The van der Waals surface area contributed by atoms with Crippen LogP contribution in [0, 0.1) is 0 Å². The summed E-state index contributed by atoms with van der Waals surface area (Å²) in [6.45, 7) is 0. The molecule has 0 aromatic heterocycles. The van der Waals surface area contributed by atoms with Crippen LogP contribution in [0.15, 0.2) is 30.3 Å². The molecule has 0 spiro atoms. The number of amides is 1. The third-order valence-electron chi connectivity index (χ3n) is 2.10. The summed E-state index contributed by atoms with van der Waals surface area (Å²) in [7, 11) is 4.60. The first-order chi connectivity index (χ1) is 7.67. The molecular formula is C12H15NO3. The average molecular weight is 221 g/mol. The molecule has 1 rings (SSSR count). The predicted octanol–water partition coefficient (Wildman–Crippen LogP) is 1.73. The van der Waals surface area contributed by atoms with Crippen molar-refractivity contribution in [2.24, 2.45) is 0 Å². The van der Waals surface area contributed by atoms with Crippen LogP contribution in [0.25, 0.3) is 6.08 Å². The summed E-state index contributed by atoms with van der Waals surface area (Å²) >= 11 is 0. The Kier molecular flexibility index (Phi) is 4.54. The summed E-state index contributed by atoms with van der Waals surface area (Å²) in [6.07, 6.45) is 3.15. The average Bonchev–Trinajstić information content (AvgIpc) is 2.35. The van der Waals surface area contributed by atoms with E-state index in [2.05, 4.69) is 0 Å². The van der Waals surface area contributed by atoms with Gasteiger partial charge in [-0.2, -0.15) is 0 Å². The quantitative estimate of drug-likeness (QED) is 0.574. The lowest BCUT2D eigenvalue weighted by Crippen LogP contribution is -2.22. The molecule has 0 saturated heterocycles. The van der Waals surface area contributed by atoms with Crippen molar-refractivity contribution in [3.8, 4) is 5.75 Å². The number of rotatable bonds is 4. The van der Waals surface area contributed by atoms with E-state index < -0.39 is 0 Å². The molecule has 0 bridgehead atoms. The Labute approximate surface area is 95.0 Å². The van der Waals surface area contributed by atoms with Crippen molar-refractivity contribution >= 4 is 12.0 Å². The van der Waals surface area contributed by atoms with Gasteiger partial charge < -0.3 is 4.74 Å². The number of hydroxylamine groups is 2. The molecule has 0 saturated carbocycles. The molecule has 0 aliphatic heterocycles. The number of hydrogen-bond acceptors (Lipinski definition) is 3. The van der Waals surface area contributed by atoms with E-state index in [4.69, 9.17) is 9.57 Å². The van der Waals surface area contributed by atoms with Gasteiger partial charge in [-0.15, -0.1) is 0 Å². The minimum absolute atomic E-state index is 0.217. The number of hydrogen-bond donors (Lipinski definition) is 0. The Morgan fingerprint density at radius 3 is 2.75 bits per heavy atom. The van der Waals surface area contributed by atoms with Gasteiger partial charge in [-0.1, -0.05) is 12.1 Å². The first-order valence-corrected chi connectivity index (χ1v) is 4.81. The summed E-state index contributed by atoms with van der Waals surface area (Å²) in [5, 5.41) is 1.15. The summed E-state index contributed by atoms with van der Waals surface area (Å²) in [5.41, 5.74) is 0.900. The second-order valence-corrected chi connectivity index (χ2v) is 3.13. The molecule has 1 amide bonds. The molecule has 0 aliphatic rings. The summed E-state index contributed by atoms with van der Waals surface area (Å²) in [5.74, 6) is 0.542. The minimum Gasteiger partial charge on any atom is -0.497 e. The first kappa shape index (κ1) is 12.3. The molecular weight excluding hydrogens is 206 g/mol. The summed E-state index contributed by atoms with van der Waals surface area (Å²) in [4.78, 5) is 16.1. The number of carbonyl (C=O) groups excluding carboxylic acids is 1. The Bertz CT molecular complexity index is 388. The van der Waals surface area contributed by atoms with Crippen LogP contribution in [0.5, 0.6) is 5.75 Å². The molecule has 4 heteroatoms. The lowest BCUT2D eigenvalue weighted by atomic mass is 10.2. The number of ether oxygens (including phenoxy) is 1. The molecule has 1 aromatic carbocycles. The van der Waals surface area contributed by atoms with E-state index in [0.29, 0.717) is 0 Å². The van der Waals surface area contributed by atoms with Crippen molar-refractivity contribution in [1.82, 2.24) is 5.06 Å². The molecule has 0 radical (unpaired) electrons. The van der Waals surface area contributed by atoms with Gasteiger partial charge in [-0.25, -0.2) is 5.06 Å². The van der Waals surface area contributed by atoms with Crippen LogP contribution < -0.4 is 4.74 Å². The fourth-order valence-electron chi connectivity index (χ4n) is 1.11. The minimum atomic E-state index is -0.217. The second kappa shape index (κ2) is 5.92. The topological polar surface area (TPSA) is 38.8 Å². The zero-order chi connectivity index (χ0) is 12.0. The molecule has 0 unspecified atom stereocenters. The van der Waals surface area contributed by atoms with Gasteiger partial charge in [0.15, 0.2) is 0 Å². The van der Waals surface area contributed by atoms with E-state index in [1.165, 1.54) is 13.2 Å². The molecule has 4 nitrogen and oxygen atoms in total. The lowest BCUT2D eigenvalue weighted by Gasteiger charge is -2.10. The van der Waals surface area contributed by atoms with Crippen LogP contribution >= 0.6 is 0 Å². The number of nitrogens with zero attached hydrogens (tertiary/aromatic N) is 1. The zero-order valence-electron chi connectivity index (χ0n) is 9.64. The van der Waals surface area contributed by atoms with E-state index in [1.54, 1.807) is 20.2 Å². The number of methoxy groups -OCH3 is 1. The van der Waals surface area contributed by atoms with E-state index >= 15 is 0 Å². The van der Waals surface area contributed by atoms with Gasteiger partial charge in [0.1, 0.15) is 5.75 Å². The summed E-state index contributed by atoms with van der Waals surface area (Å²) in [6, 6.07) is 7.44. The zero-order valence-corrected chi connectivity index (χ0v) is 9.64. The van der Waals surface area contributed by atoms with Crippen LogP contribution in [0.4, 0.5) is 0 Å². The van der Waals surface area contributed by atoms with Crippen molar-refractivity contribution < 1.29 is 14.4 Å². The van der Waals surface area contributed by atoms with E-state index in [9.17, 15) is 4.79 Å². The van der Waals surface area contributed by atoms with Crippen molar-refractivity contribution in [3.63, 3.8) is 0 Å². The highest BCUT2D eigenvalue weighted by molar-refractivity contribution is 5.90. The molecule has 16 heavy (non-hydrogen) atoms. The maximum atomic E-state index is 11.4. The normalized spacial score (nSPS) is 10.4. The maximum Gasteiger partial charge on any atom is 0.269 e. The molecule has 0 N–H and O–H groups in total. The monoisotopic (exact) mass is 221 g/mol. The highest BCUT2D eigenvalue weighted by Gasteiger charge is 2.01. The summed E-state index contributed by atoms with van der Waals surface area (Å²) < 4.78 is 5.08. The molecule has 0 aliphatic carbocycles. The van der Waals surface area contributed by atoms with Crippen LogP contribution in [0.1, 0.15) is 5.56 Å². The van der Waals surface area contributed by atoms with Gasteiger partial charge in [-0.05, 0) is 23.8 Å². The predicted molar refractivity (Wildman–Crippen MR) is 61.8 cm³/mol. The van der Waals surface area contributed by atoms with Gasteiger partial charge in [0, 0.05) is 13.1 Å². The standard InChI is InChI=1S/C12H15NO3/c1-13(16-3)12(14)8-7-10-5-4-6-11(9-10)15-2/h4-9H,1-3H3. The number of likely N-dealkylation sites (N-methyl/N-ethyl adjacent to an activating group) is 1. The molecule has 0 atom stereocenters. The molecule has 1 aromatic rings. The Balaban J connectivity index is 2.72. The SMILES string of the molecule is COc1cccc(C=CC(=O)N(C)OC)c1. The fraction of sp³-hybridized carbons (Fsp3) is 0.250. The van der Waals surface area contributed by atoms with Gasteiger partial charge in [0.25, 0.3) is 5.91 Å². The highest BCUT2D eigenvalue weighted by atomic mass is 16.7. The van der Waals surface area contributed by atoms with Crippen molar-refractivity contribution in [1.29, 1.82) is 0 Å². The van der Waals surface area contributed by atoms with Crippen molar-refractivity contribution in [2.45, 2.75) is 0 Å². The maximum absolute atomic E-state index is 11.4. The smallest absolute Gasteiger partial charge is 0.269 e. The third-order valence-corrected chi connectivity index (χ3v) is 2.10. The van der Waals surface area contributed by atoms with Crippen LogP contribution in [0.2, 0.25) is 0 Å². The van der Waals surface area contributed by atoms with Gasteiger partial charge in [0.05, 0.1) is 14.2 Å². The largest absolute Gasteiger partial charge is 0.497 e. The lowest BCUT2D eigenvalue weighted by molar-refractivity contribution is -0.162. The van der Waals surface area contributed by atoms with Crippen molar-refractivity contribution in [3.05, 3.63) is 35.9 Å². The fourth-order valence-corrected chi connectivity index (χ4v) is 1.11. The van der Waals surface area contributed by atoms with Crippen LogP contribution in [-0.4, -0.2) is 32.2 Å². The van der Waals surface area contributed by atoms with E-state index in [0.717, 1.165) is 16.4 Å². The molecule has 0 heterocycles. The van der Waals surface area contributed by atoms with E-state index in [1.807, 2.05) is 24.3 Å². The van der Waals surface area contributed by atoms with Crippen LogP contribution in [0.3, 0.4) is 0 Å². The number of carbonyl (C=O) groups is 1. The second-order valence-electron chi connectivity index (χ2n) is 3.13. The van der Waals surface area contributed by atoms with Crippen LogP contribution in [-0.2, 0) is 9.63 Å². The first-order valence-electron chi connectivity index (χ1n) is 4.81. The Hall–Kier alpha value is -1.81. The molecule has 86 valence electrons. The molecule has 0 fully saturated rings.